The van der Waals surface area contributed by atoms with E-state index in [1.54, 1.807) is 0 Å². The summed E-state index contributed by atoms with van der Waals surface area (Å²) in [4.78, 5) is 20.1. The number of nitrogens with one attached hydrogen (secondary N) is 3. The van der Waals surface area contributed by atoms with Crippen LogP contribution in [0.4, 0.5) is 9.59 Å². The third kappa shape index (κ3) is 4.39. The average Bonchev–Trinajstić information content (AvgIpc) is 1.83. The Hall–Kier alpha value is -1.46. The molecule has 0 aromatic rings. The van der Waals surface area contributed by atoms with Gasteiger partial charge in [0, 0.05) is 7.05 Å². The Bertz CT molecular complexity index is 123. The molecule has 5 N–H and O–H groups in total. The molecule has 0 saturated carbocycles. The Morgan fingerprint density at radius 3 is 2.22 bits per heavy atom. The smallest absolute Gasteiger partial charge is 0.333 e. The van der Waals surface area contributed by atoms with E-state index in [4.69, 9.17) is 0 Å². The van der Waals surface area contributed by atoms with Gasteiger partial charge in [-0.25, -0.2) is 20.4 Å². The van der Waals surface area contributed by atoms with Gasteiger partial charge in [0.1, 0.15) is 0 Å². The molecule has 4 amide bonds. The number of hydrazine groups is 1. The van der Waals surface area contributed by atoms with Gasteiger partial charge in [-0.2, -0.15) is 0 Å². The summed E-state index contributed by atoms with van der Waals surface area (Å²) in [5.41, 5.74) is 8.43. The Morgan fingerprint density at radius 1 is 1.33 bits per heavy atom. The monoisotopic (exact) mass is 132 g/mol. The van der Waals surface area contributed by atoms with Gasteiger partial charge < -0.3 is 11.1 Å². The first kappa shape index (κ1) is 7.54. The number of hydrogen-bond acceptors (Lipinski definition) is 2. The quantitative estimate of drug-likeness (QED) is 0.302. The lowest BCUT2D eigenvalue weighted by Gasteiger charge is -2.01. The molecule has 0 saturated heterocycles. The maximum absolute atomic E-state index is 10.2. The number of urea groups is 2. The van der Waals surface area contributed by atoms with E-state index in [1.807, 2.05) is 10.9 Å². The molecule has 0 spiro atoms. The van der Waals surface area contributed by atoms with E-state index in [0.29, 0.717) is 0 Å². The summed E-state index contributed by atoms with van der Waals surface area (Å²) in [6.45, 7) is 0. The number of primary amides is 1. The number of carbonyl (C=O) groups excluding carboxylic acids is 2. The molecule has 0 atom stereocenters. The Kier molecular flexibility index (Phi) is 2.96. The van der Waals surface area contributed by atoms with Gasteiger partial charge in [-0.15, -0.1) is 0 Å². The van der Waals surface area contributed by atoms with Crippen LogP contribution in [-0.2, 0) is 0 Å². The largest absolute Gasteiger partial charge is 0.350 e. The van der Waals surface area contributed by atoms with Crippen LogP contribution in [0, 0.1) is 0 Å². The van der Waals surface area contributed by atoms with Crippen LogP contribution in [0.2, 0.25) is 0 Å². The number of hydrogen-bond donors (Lipinski definition) is 4. The predicted molar refractivity (Wildman–Crippen MR) is 30.3 cm³/mol. The van der Waals surface area contributed by atoms with Crippen LogP contribution in [0.15, 0.2) is 0 Å². The predicted octanol–water partition coefficient (Wildman–Crippen LogP) is -1.50. The van der Waals surface area contributed by atoms with Gasteiger partial charge in [0.15, 0.2) is 0 Å². The SMILES string of the molecule is CNC(=O)NNC(N)=O. The lowest BCUT2D eigenvalue weighted by Crippen LogP contribution is -2.47. The highest BCUT2D eigenvalue weighted by molar-refractivity contribution is 5.78. The summed E-state index contributed by atoms with van der Waals surface area (Å²) in [6, 6.07) is -1.33. The van der Waals surface area contributed by atoms with Crippen molar-refractivity contribution in [1.82, 2.24) is 16.2 Å². The first-order chi connectivity index (χ1) is 4.16. The lowest BCUT2D eigenvalue weighted by molar-refractivity contribution is 0.229. The molecule has 9 heavy (non-hydrogen) atoms. The van der Waals surface area contributed by atoms with Gasteiger partial charge in [-0.1, -0.05) is 0 Å². The van der Waals surface area contributed by atoms with Crippen molar-refractivity contribution in [3.8, 4) is 0 Å². The molecule has 0 aliphatic rings. The fraction of sp³-hybridized carbons (Fsp3) is 0.333. The van der Waals surface area contributed by atoms with Crippen LogP contribution in [0.3, 0.4) is 0 Å². The van der Waals surface area contributed by atoms with Gasteiger partial charge in [0.05, 0.1) is 0 Å². The van der Waals surface area contributed by atoms with Gasteiger partial charge >= 0.3 is 12.1 Å². The van der Waals surface area contributed by atoms with Crippen LogP contribution in [-0.4, -0.2) is 19.1 Å². The molecule has 0 aromatic heterocycles. The van der Waals surface area contributed by atoms with Crippen molar-refractivity contribution in [1.29, 1.82) is 0 Å². The fourth-order valence-electron chi connectivity index (χ4n) is 0.181. The van der Waals surface area contributed by atoms with E-state index in [0.717, 1.165) is 0 Å². The zero-order chi connectivity index (χ0) is 7.28. The number of amides is 4. The number of nitrogens with two attached hydrogens (primary N) is 1. The Balaban J connectivity index is 3.28. The highest BCUT2D eigenvalue weighted by atomic mass is 16.2. The number of carbonyl (C=O) groups is 2. The van der Waals surface area contributed by atoms with Crippen molar-refractivity contribution >= 4 is 12.1 Å². The third-order valence-electron chi connectivity index (χ3n) is 0.526. The van der Waals surface area contributed by atoms with Crippen LogP contribution < -0.4 is 21.9 Å². The molecule has 52 valence electrons. The highest BCUT2D eigenvalue weighted by Crippen LogP contribution is 1.53. The van der Waals surface area contributed by atoms with Crippen molar-refractivity contribution in [3.05, 3.63) is 0 Å². The van der Waals surface area contributed by atoms with Crippen molar-refractivity contribution < 1.29 is 9.59 Å². The zero-order valence-electron chi connectivity index (χ0n) is 4.89. The molecule has 0 fully saturated rings. The second-order valence-corrected chi connectivity index (χ2v) is 1.19. The lowest BCUT2D eigenvalue weighted by atomic mass is 11.0. The normalized spacial score (nSPS) is 7.67. The van der Waals surface area contributed by atoms with Crippen molar-refractivity contribution in [2.24, 2.45) is 5.73 Å². The van der Waals surface area contributed by atoms with Gasteiger partial charge in [-0.3, -0.25) is 0 Å². The molecule has 6 nitrogen and oxygen atoms in total. The van der Waals surface area contributed by atoms with Gasteiger partial charge in [0.2, 0.25) is 0 Å². The topological polar surface area (TPSA) is 96.2 Å². The minimum atomic E-state index is -0.807. The van der Waals surface area contributed by atoms with Gasteiger partial charge in [-0.05, 0) is 0 Å². The third-order valence-corrected chi connectivity index (χ3v) is 0.526. The molecule has 0 unspecified atom stereocenters. The van der Waals surface area contributed by atoms with Crippen molar-refractivity contribution in [2.75, 3.05) is 7.05 Å². The zero-order valence-corrected chi connectivity index (χ0v) is 4.89. The number of rotatable bonds is 0. The summed E-state index contributed by atoms with van der Waals surface area (Å²) >= 11 is 0. The summed E-state index contributed by atoms with van der Waals surface area (Å²) in [5.74, 6) is 0. The van der Waals surface area contributed by atoms with E-state index in [1.165, 1.54) is 7.05 Å². The van der Waals surface area contributed by atoms with Crippen LogP contribution in [0.1, 0.15) is 0 Å². The molecule has 6 heteroatoms. The van der Waals surface area contributed by atoms with E-state index in [9.17, 15) is 9.59 Å². The molecule has 0 aliphatic heterocycles. The average molecular weight is 132 g/mol. The molecule has 0 bridgehead atoms. The van der Waals surface area contributed by atoms with Crippen molar-refractivity contribution in [3.63, 3.8) is 0 Å². The van der Waals surface area contributed by atoms with Crippen molar-refractivity contribution in [2.45, 2.75) is 0 Å². The second-order valence-electron chi connectivity index (χ2n) is 1.19. The minimum absolute atomic E-state index is 0.520. The molecule has 0 aliphatic carbocycles. The van der Waals surface area contributed by atoms with E-state index in [2.05, 4.69) is 11.1 Å². The summed E-state index contributed by atoms with van der Waals surface area (Å²) < 4.78 is 0. The summed E-state index contributed by atoms with van der Waals surface area (Å²) in [7, 11) is 1.41. The highest BCUT2D eigenvalue weighted by Gasteiger charge is 1.93. The fourth-order valence-corrected chi connectivity index (χ4v) is 0.181. The molecule has 0 aromatic carbocycles. The molecule has 0 heterocycles. The molecular formula is C3H8N4O2. The maximum Gasteiger partial charge on any atom is 0.333 e. The van der Waals surface area contributed by atoms with E-state index in [-0.39, 0.29) is 0 Å². The minimum Gasteiger partial charge on any atom is -0.350 e. The first-order valence-corrected chi connectivity index (χ1v) is 2.20. The second kappa shape index (κ2) is 3.53. The van der Waals surface area contributed by atoms with Crippen LogP contribution in [0.5, 0.6) is 0 Å². The van der Waals surface area contributed by atoms with Crippen LogP contribution >= 0.6 is 0 Å². The summed E-state index contributed by atoms with van der Waals surface area (Å²) in [5, 5.41) is 2.20. The van der Waals surface area contributed by atoms with E-state index >= 15 is 0 Å². The summed E-state index contributed by atoms with van der Waals surface area (Å²) in [6.07, 6.45) is 0. The van der Waals surface area contributed by atoms with E-state index < -0.39 is 12.1 Å². The Morgan fingerprint density at radius 2 is 1.89 bits per heavy atom. The van der Waals surface area contributed by atoms with Gasteiger partial charge in [0.25, 0.3) is 0 Å². The molecule has 0 rings (SSSR count). The van der Waals surface area contributed by atoms with Crippen LogP contribution in [0.25, 0.3) is 0 Å². The Labute approximate surface area is 51.8 Å². The maximum atomic E-state index is 10.2. The first-order valence-electron chi connectivity index (χ1n) is 2.20. The molecule has 0 radical (unpaired) electrons. The standard InChI is InChI=1S/C3H8N4O2/c1-5-3(9)7-6-2(4)8/h1H3,(H3,4,6,8)(H2,5,7,9). The molecular weight excluding hydrogens is 124 g/mol.